The molecule has 4 N–H and O–H groups in total. The lowest BCUT2D eigenvalue weighted by Gasteiger charge is -2.18. The van der Waals surface area contributed by atoms with Crippen LogP contribution < -0.4 is 15.8 Å². The van der Waals surface area contributed by atoms with Crippen molar-refractivity contribution in [2.45, 2.75) is 49.6 Å². The van der Waals surface area contributed by atoms with Crippen molar-refractivity contribution in [1.82, 2.24) is 19.7 Å². The minimum absolute atomic E-state index is 0.0240. The Bertz CT molecular complexity index is 1910. The summed E-state index contributed by atoms with van der Waals surface area (Å²) in [5, 5.41) is 7.46. The molecule has 0 saturated carbocycles. The number of carbonyl (C=O) groups is 1. The standard InChI is InChI=1S/C30H30FN7O3S/c1-18-12-19(14-27(39)37-20-16-36-38(17-20)30(2,3)4)13-23(31)28(18)41-26-9-11-34-25-8-7-21(15-22(25)26)42(33,40)29-24(32)6-5-10-35-29/h5-13,15-17,33H,14,32H2,1-4H3,(H,37,39)/t42-/m0/s1. The molecule has 10 nitrogen and oxygen atoms in total. The Balaban J connectivity index is 1.40. The zero-order valence-corrected chi connectivity index (χ0v) is 24.3. The molecule has 0 aliphatic carbocycles. The Kier molecular flexibility index (Phi) is 7.42. The van der Waals surface area contributed by atoms with Crippen molar-refractivity contribution in [2.75, 3.05) is 11.1 Å². The summed E-state index contributed by atoms with van der Waals surface area (Å²) >= 11 is 0. The number of nitrogens with two attached hydrogens (primary N) is 1. The van der Waals surface area contributed by atoms with Crippen LogP contribution in [0, 0.1) is 17.5 Å². The highest BCUT2D eigenvalue weighted by atomic mass is 32.2. The smallest absolute Gasteiger partial charge is 0.228 e. The van der Waals surface area contributed by atoms with Crippen LogP contribution in [-0.4, -0.2) is 29.9 Å². The molecule has 2 aromatic carbocycles. The van der Waals surface area contributed by atoms with E-state index in [2.05, 4.69) is 20.4 Å². The Morgan fingerprint density at radius 1 is 1.14 bits per heavy atom. The maximum absolute atomic E-state index is 15.4. The number of benzene rings is 2. The number of halogens is 1. The molecule has 0 radical (unpaired) electrons. The van der Waals surface area contributed by atoms with E-state index in [-0.39, 0.29) is 45.0 Å². The maximum atomic E-state index is 15.4. The number of ether oxygens (including phenoxy) is 1. The number of nitrogens with zero attached hydrogens (tertiary/aromatic N) is 4. The summed E-state index contributed by atoms with van der Waals surface area (Å²) < 4.78 is 45.2. The van der Waals surface area contributed by atoms with Gasteiger partial charge in [0.25, 0.3) is 0 Å². The topological polar surface area (TPSA) is 149 Å². The van der Waals surface area contributed by atoms with Gasteiger partial charge in [0, 0.05) is 24.0 Å². The highest BCUT2D eigenvalue weighted by molar-refractivity contribution is 7.92. The fraction of sp³-hybridized carbons (Fsp3) is 0.200. The van der Waals surface area contributed by atoms with E-state index < -0.39 is 15.5 Å². The Morgan fingerprint density at radius 2 is 1.93 bits per heavy atom. The van der Waals surface area contributed by atoms with E-state index in [1.165, 1.54) is 36.7 Å². The zero-order valence-electron chi connectivity index (χ0n) is 23.5. The monoisotopic (exact) mass is 587 g/mol. The third kappa shape index (κ3) is 5.79. The molecule has 42 heavy (non-hydrogen) atoms. The molecule has 0 fully saturated rings. The SMILES string of the molecule is Cc1cc(CC(=O)Nc2cnn(C(C)(C)C)c2)cc(F)c1Oc1ccnc2ccc([S@](=N)(=O)c3ncccc3N)cc12. The van der Waals surface area contributed by atoms with Crippen LogP contribution in [0.4, 0.5) is 15.8 Å². The second kappa shape index (κ2) is 10.9. The molecule has 0 bridgehead atoms. The van der Waals surface area contributed by atoms with E-state index in [0.717, 1.165) is 0 Å². The van der Waals surface area contributed by atoms with Crippen molar-refractivity contribution in [3.05, 3.63) is 90.3 Å². The van der Waals surface area contributed by atoms with Gasteiger partial charge in [-0.3, -0.25) is 14.5 Å². The molecule has 1 amide bonds. The number of nitrogen functional groups attached to an aromatic ring is 1. The summed E-state index contributed by atoms with van der Waals surface area (Å²) in [5.74, 6) is -0.723. The van der Waals surface area contributed by atoms with Crippen LogP contribution in [0.15, 0.2) is 83.2 Å². The third-order valence-electron chi connectivity index (χ3n) is 6.50. The van der Waals surface area contributed by atoms with Gasteiger partial charge in [-0.25, -0.2) is 18.4 Å². The quantitative estimate of drug-likeness (QED) is 0.210. The summed E-state index contributed by atoms with van der Waals surface area (Å²) in [4.78, 5) is 21.2. The predicted molar refractivity (Wildman–Crippen MR) is 159 cm³/mol. The summed E-state index contributed by atoms with van der Waals surface area (Å²) in [7, 11) is -3.55. The van der Waals surface area contributed by atoms with Gasteiger partial charge in [-0.2, -0.15) is 5.10 Å². The minimum Gasteiger partial charge on any atom is -0.453 e. The van der Waals surface area contributed by atoms with E-state index in [1.807, 2.05) is 20.8 Å². The van der Waals surface area contributed by atoms with E-state index in [1.54, 1.807) is 48.3 Å². The second-order valence-corrected chi connectivity index (χ2v) is 12.8. The first-order valence-corrected chi connectivity index (χ1v) is 14.6. The summed E-state index contributed by atoms with van der Waals surface area (Å²) in [5.41, 5.74) is 7.87. The first kappa shape index (κ1) is 28.7. The molecule has 0 spiro atoms. The van der Waals surface area contributed by atoms with Crippen LogP contribution in [-0.2, 0) is 26.5 Å². The molecule has 5 rings (SSSR count). The van der Waals surface area contributed by atoms with Gasteiger partial charge in [-0.1, -0.05) is 6.07 Å². The second-order valence-electron chi connectivity index (χ2n) is 10.8. The first-order chi connectivity index (χ1) is 19.8. The average Bonchev–Trinajstić information content (AvgIpc) is 3.39. The van der Waals surface area contributed by atoms with Crippen LogP contribution in [0.2, 0.25) is 0 Å². The van der Waals surface area contributed by atoms with Gasteiger partial charge >= 0.3 is 0 Å². The molecule has 5 aromatic rings. The van der Waals surface area contributed by atoms with Crippen LogP contribution >= 0.6 is 0 Å². The number of nitrogens with one attached hydrogen (secondary N) is 2. The van der Waals surface area contributed by atoms with Gasteiger partial charge in [0.05, 0.1) is 39.9 Å². The molecule has 0 unspecified atom stereocenters. The molecule has 1 atom stereocenters. The molecular weight excluding hydrogens is 557 g/mol. The van der Waals surface area contributed by atoms with Crippen LogP contribution in [0.5, 0.6) is 11.5 Å². The number of fused-ring (bicyclic) bond motifs is 1. The van der Waals surface area contributed by atoms with Crippen molar-refractivity contribution in [3.8, 4) is 11.5 Å². The number of rotatable bonds is 7. The number of amides is 1. The Hall–Kier alpha value is -4.84. The van der Waals surface area contributed by atoms with Gasteiger partial charge in [0.1, 0.15) is 15.5 Å². The summed E-state index contributed by atoms with van der Waals surface area (Å²) in [6.45, 7) is 7.68. The maximum Gasteiger partial charge on any atom is 0.228 e. The van der Waals surface area contributed by atoms with Gasteiger partial charge < -0.3 is 15.8 Å². The number of hydrogen-bond acceptors (Lipinski definition) is 8. The predicted octanol–water partition coefficient (Wildman–Crippen LogP) is 6.05. The third-order valence-corrected chi connectivity index (χ3v) is 8.30. The fourth-order valence-electron chi connectivity index (χ4n) is 4.41. The van der Waals surface area contributed by atoms with Gasteiger partial charge in [-0.15, -0.1) is 0 Å². The van der Waals surface area contributed by atoms with E-state index >= 15 is 4.39 Å². The van der Waals surface area contributed by atoms with Gasteiger partial charge in [0.15, 0.2) is 16.6 Å². The summed E-state index contributed by atoms with van der Waals surface area (Å²) in [6.07, 6.45) is 6.21. The number of anilines is 2. The first-order valence-electron chi connectivity index (χ1n) is 13.0. The lowest BCUT2D eigenvalue weighted by Crippen LogP contribution is -2.22. The normalized spacial score (nSPS) is 13.1. The molecule has 0 saturated heterocycles. The molecule has 0 aliphatic heterocycles. The van der Waals surface area contributed by atoms with Crippen LogP contribution in [0.1, 0.15) is 31.9 Å². The molecule has 12 heteroatoms. The molecule has 3 heterocycles. The Labute approximate surface area is 242 Å². The number of pyridine rings is 2. The van der Waals surface area contributed by atoms with E-state index in [0.29, 0.717) is 27.7 Å². The highest BCUT2D eigenvalue weighted by Gasteiger charge is 2.21. The van der Waals surface area contributed by atoms with Gasteiger partial charge in [-0.05, 0) is 81.3 Å². The van der Waals surface area contributed by atoms with Crippen molar-refractivity contribution < 1.29 is 18.1 Å². The number of aryl methyl sites for hydroxylation is 1. The average molecular weight is 588 g/mol. The van der Waals surface area contributed by atoms with Crippen molar-refractivity contribution >= 4 is 37.9 Å². The van der Waals surface area contributed by atoms with E-state index in [4.69, 9.17) is 15.3 Å². The minimum atomic E-state index is -3.55. The van der Waals surface area contributed by atoms with Crippen molar-refractivity contribution in [1.29, 1.82) is 4.78 Å². The van der Waals surface area contributed by atoms with Crippen LogP contribution in [0.25, 0.3) is 10.9 Å². The highest BCUT2D eigenvalue weighted by Crippen LogP contribution is 2.35. The van der Waals surface area contributed by atoms with E-state index in [9.17, 15) is 9.00 Å². The van der Waals surface area contributed by atoms with Crippen molar-refractivity contribution in [3.63, 3.8) is 0 Å². The largest absolute Gasteiger partial charge is 0.453 e. The molecule has 216 valence electrons. The number of hydrogen-bond donors (Lipinski definition) is 3. The fourth-order valence-corrected chi connectivity index (χ4v) is 5.79. The zero-order chi connectivity index (χ0) is 30.2. The molecular formula is C30H30FN7O3S. The lowest BCUT2D eigenvalue weighted by molar-refractivity contribution is -0.115. The van der Waals surface area contributed by atoms with Gasteiger partial charge in [0.2, 0.25) is 5.91 Å². The number of carbonyl (C=O) groups excluding carboxylic acids is 1. The number of aromatic nitrogens is 4. The molecule has 3 aromatic heterocycles. The summed E-state index contributed by atoms with van der Waals surface area (Å²) in [6, 6.07) is 12.3. The van der Waals surface area contributed by atoms with Crippen LogP contribution in [0.3, 0.4) is 0 Å². The van der Waals surface area contributed by atoms with Crippen molar-refractivity contribution in [2.24, 2.45) is 0 Å². The Morgan fingerprint density at radius 3 is 2.62 bits per heavy atom. The molecule has 0 aliphatic rings. The lowest BCUT2D eigenvalue weighted by atomic mass is 10.1.